The summed E-state index contributed by atoms with van der Waals surface area (Å²) in [5.74, 6) is 0.755. The number of pyridine rings is 1. The molecule has 3 heterocycles. The summed E-state index contributed by atoms with van der Waals surface area (Å²) in [5, 5.41) is 5.75. The number of nitrogens with zero attached hydrogens (tertiary/aromatic N) is 4. The van der Waals surface area contributed by atoms with E-state index < -0.39 is 0 Å². The van der Waals surface area contributed by atoms with E-state index in [2.05, 4.69) is 168 Å². The predicted octanol–water partition coefficient (Wildman–Crippen LogP) is 12.0. The fraction of sp³-hybridized carbons (Fsp3) is 0.0426. The predicted molar refractivity (Wildman–Crippen MR) is 212 cm³/mol. The normalized spacial score (nSPS) is 13.0. The Morgan fingerprint density at radius 3 is 1.96 bits per heavy atom. The molecule has 6 aromatic carbocycles. The standard InChI is InChI=1S/C47H32N4/c1-4-16-31(17-5-1)40-30-41(50-47(49-40)33-20-8-3-9-21-33)35-28-29-43(36-23-11-10-22-34(35)36)51-42-27-15-13-25-38(42)44-45(32-18-6-2-7-19-32)48-39-26-14-12-24-37(39)46(44)51/h1-2,4-8,10-30H,3,9H2. The van der Waals surface area contributed by atoms with Gasteiger partial charge in [-0.05, 0) is 42.5 Å². The highest BCUT2D eigenvalue weighted by Gasteiger charge is 2.22. The summed E-state index contributed by atoms with van der Waals surface area (Å²) in [5.41, 5.74) is 11.5. The van der Waals surface area contributed by atoms with Gasteiger partial charge in [0.25, 0.3) is 0 Å². The van der Waals surface area contributed by atoms with E-state index in [0.717, 1.165) is 102 Å². The van der Waals surface area contributed by atoms with Gasteiger partial charge in [-0.3, -0.25) is 0 Å². The molecule has 0 radical (unpaired) electrons. The van der Waals surface area contributed by atoms with Crippen LogP contribution in [0.2, 0.25) is 0 Å². The second kappa shape index (κ2) is 12.0. The Hall–Kier alpha value is -6.65. The summed E-state index contributed by atoms with van der Waals surface area (Å²) in [7, 11) is 0. The molecule has 240 valence electrons. The molecule has 0 amide bonds. The van der Waals surface area contributed by atoms with Gasteiger partial charge in [0, 0.05) is 43.8 Å². The molecule has 0 bridgehead atoms. The fourth-order valence-corrected chi connectivity index (χ4v) is 7.69. The van der Waals surface area contributed by atoms with E-state index >= 15 is 0 Å². The number of allylic oxidation sites excluding steroid dienone is 4. The summed E-state index contributed by atoms with van der Waals surface area (Å²) in [4.78, 5) is 15.6. The highest BCUT2D eigenvalue weighted by atomic mass is 15.0. The Balaban J connectivity index is 1.27. The Morgan fingerprint density at radius 2 is 1.18 bits per heavy atom. The molecule has 0 atom stereocenters. The second-order valence-corrected chi connectivity index (χ2v) is 13.1. The van der Waals surface area contributed by atoms with E-state index in [1.54, 1.807) is 0 Å². The first-order valence-corrected chi connectivity index (χ1v) is 17.5. The molecule has 4 nitrogen and oxygen atoms in total. The highest BCUT2D eigenvalue weighted by molar-refractivity contribution is 6.23. The van der Waals surface area contributed by atoms with Crippen molar-refractivity contribution in [3.8, 4) is 39.5 Å². The number of fused-ring (bicyclic) bond motifs is 6. The van der Waals surface area contributed by atoms with Crippen molar-refractivity contribution in [1.29, 1.82) is 0 Å². The average molecular weight is 653 g/mol. The lowest BCUT2D eigenvalue weighted by Crippen LogP contribution is -2.01. The average Bonchev–Trinajstić information content (AvgIpc) is 3.56. The van der Waals surface area contributed by atoms with Gasteiger partial charge in [-0.15, -0.1) is 0 Å². The van der Waals surface area contributed by atoms with Crippen LogP contribution < -0.4 is 0 Å². The van der Waals surface area contributed by atoms with Crippen LogP contribution in [0.4, 0.5) is 0 Å². The van der Waals surface area contributed by atoms with E-state index in [1.807, 2.05) is 6.07 Å². The Morgan fingerprint density at radius 1 is 0.510 bits per heavy atom. The first kappa shape index (κ1) is 29.3. The third-order valence-corrected chi connectivity index (χ3v) is 10.0. The molecule has 0 fully saturated rings. The minimum Gasteiger partial charge on any atom is -0.308 e. The fourth-order valence-electron chi connectivity index (χ4n) is 7.69. The number of rotatable bonds is 5. The Labute approximate surface area is 295 Å². The molecule has 0 spiro atoms. The van der Waals surface area contributed by atoms with Crippen LogP contribution in [-0.2, 0) is 0 Å². The molecular formula is C47H32N4. The van der Waals surface area contributed by atoms with Crippen molar-refractivity contribution in [3.63, 3.8) is 0 Å². The number of para-hydroxylation sites is 2. The Kier molecular flexibility index (Phi) is 6.91. The monoisotopic (exact) mass is 652 g/mol. The minimum absolute atomic E-state index is 0.755. The van der Waals surface area contributed by atoms with Gasteiger partial charge in [-0.1, -0.05) is 146 Å². The van der Waals surface area contributed by atoms with E-state index in [9.17, 15) is 0 Å². The van der Waals surface area contributed by atoms with E-state index in [-0.39, 0.29) is 0 Å². The van der Waals surface area contributed by atoms with Crippen molar-refractivity contribution in [3.05, 3.63) is 176 Å². The maximum Gasteiger partial charge on any atom is 0.160 e. The number of hydrogen-bond donors (Lipinski definition) is 0. The van der Waals surface area contributed by atoms with Gasteiger partial charge < -0.3 is 4.57 Å². The van der Waals surface area contributed by atoms with Crippen LogP contribution in [-0.4, -0.2) is 19.5 Å². The number of aromatic nitrogens is 4. The molecule has 51 heavy (non-hydrogen) atoms. The quantitative estimate of drug-likeness (QED) is 0.186. The molecule has 0 unspecified atom stereocenters. The third kappa shape index (κ3) is 4.87. The van der Waals surface area contributed by atoms with Crippen LogP contribution in [0.1, 0.15) is 18.7 Å². The lowest BCUT2D eigenvalue weighted by Gasteiger charge is -2.17. The van der Waals surface area contributed by atoms with E-state index in [1.165, 1.54) is 5.39 Å². The van der Waals surface area contributed by atoms with Gasteiger partial charge in [0.1, 0.15) is 0 Å². The number of hydrogen-bond acceptors (Lipinski definition) is 3. The smallest absolute Gasteiger partial charge is 0.160 e. The van der Waals surface area contributed by atoms with Crippen LogP contribution in [0.3, 0.4) is 0 Å². The van der Waals surface area contributed by atoms with Gasteiger partial charge in [-0.2, -0.15) is 0 Å². The van der Waals surface area contributed by atoms with Crippen molar-refractivity contribution < 1.29 is 0 Å². The van der Waals surface area contributed by atoms with Gasteiger partial charge in [0.05, 0.1) is 39.3 Å². The van der Waals surface area contributed by atoms with Crippen molar-refractivity contribution in [2.75, 3.05) is 0 Å². The van der Waals surface area contributed by atoms with Gasteiger partial charge in [0.15, 0.2) is 5.82 Å². The summed E-state index contributed by atoms with van der Waals surface area (Å²) in [6.07, 6.45) is 8.66. The van der Waals surface area contributed by atoms with Gasteiger partial charge >= 0.3 is 0 Å². The topological polar surface area (TPSA) is 43.6 Å². The maximum atomic E-state index is 5.29. The lowest BCUT2D eigenvalue weighted by molar-refractivity contribution is 1.03. The van der Waals surface area contributed by atoms with Crippen LogP contribution in [0, 0.1) is 0 Å². The van der Waals surface area contributed by atoms with Crippen LogP contribution >= 0.6 is 0 Å². The summed E-state index contributed by atoms with van der Waals surface area (Å²) < 4.78 is 2.45. The van der Waals surface area contributed by atoms with Gasteiger partial charge in [-0.25, -0.2) is 15.0 Å². The molecule has 0 N–H and O–H groups in total. The van der Waals surface area contributed by atoms with Gasteiger partial charge in [0.2, 0.25) is 0 Å². The molecule has 10 rings (SSSR count). The zero-order valence-corrected chi connectivity index (χ0v) is 27.9. The minimum atomic E-state index is 0.755. The summed E-state index contributed by atoms with van der Waals surface area (Å²) in [6.45, 7) is 0. The van der Waals surface area contributed by atoms with Crippen molar-refractivity contribution in [1.82, 2.24) is 19.5 Å². The van der Waals surface area contributed by atoms with Crippen molar-refractivity contribution in [2.45, 2.75) is 12.8 Å². The summed E-state index contributed by atoms with van der Waals surface area (Å²) in [6, 6.07) is 53.6. The maximum absolute atomic E-state index is 5.29. The van der Waals surface area contributed by atoms with Crippen molar-refractivity contribution >= 4 is 49.1 Å². The molecule has 0 saturated heterocycles. The van der Waals surface area contributed by atoms with Crippen LogP contribution in [0.15, 0.2) is 170 Å². The zero-order chi connectivity index (χ0) is 33.7. The third-order valence-electron chi connectivity index (χ3n) is 10.0. The molecule has 3 aromatic heterocycles. The molecule has 1 aliphatic carbocycles. The lowest BCUT2D eigenvalue weighted by atomic mass is 9.98. The molecule has 1 aliphatic rings. The second-order valence-electron chi connectivity index (χ2n) is 13.1. The van der Waals surface area contributed by atoms with E-state index in [0.29, 0.717) is 0 Å². The first-order valence-electron chi connectivity index (χ1n) is 17.5. The number of benzene rings is 6. The molecule has 0 aliphatic heterocycles. The molecule has 9 aromatic rings. The first-order chi connectivity index (χ1) is 25.3. The largest absolute Gasteiger partial charge is 0.308 e. The van der Waals surface area contributed by atoms with Crippen LogP contribution in [0.5, 0.6) is 0 Å². The van der Waals surface area contributed by atoms with Crippen LogP contribution in [0.25, 0.3) is 88.5 Å². The van der Waals surface area contributed by atoms with Crippen molar-refractivity contribution in [2.24, 2.45) is 0 Å². The zero-order valence-electron chi connectivity index (χ0n) is 27.9. The molecule has 0 saturated carbocycles. The summed E-state index contributed by atoms with van der Waals surface area (Å²) >= 11 is 0. The Bertz CT molecular complexity index is 2850. The molecular weight excluding hydrogens is 621 g/mol. The molecule has 4 heteroatoms. The van der Waals surface area contributed by atoms with E-state index in [4.69, 9.17) is 15.0 Å². The SMILES string of the molecule is C1=CC(c2nc(-c3ccccc3)cc(-c3ccc(-n4c5ccccc5c5c(-c6ccccc6)nc6ccccc6c54)c4ccccc34)n2)=CCC1. The highest BCUT2D eigenvalue weighted by Crippen LogP contribution is 2.43.